The molecule has 20 heavy (non-hydrogen) atoms. The second-order valence-electron chi connectivity index (χ2n) is 4.08. The molecule has 0 saturated carbocycles. The molecule has 2 N–H and O–H groups in total. The number of halogens is 5. The van der Waals surface area contributed by atoms with E-state index < -0.39 is 40.7 Å². The van der Waals surface area contributed by atoms with Crippen LogP contribution in [-0.2, 0) is 4.79 Å². The molecule has 0 unspecified atom stereocenters. The first-order valence-electron chi connectivity index (χ1n) is 5.83. The van der Waals surface area contributed by atoms with Crippen molar-refractivity contribution >= 4 is 11.7 Å². The van der Waals surface area contributed by atoms with Gasteiger partial charge in [-0.1, -0.05) is 6.42 Å². The molecule has 0 saturated heterocycles. The summed E-state index contributed by atoms with van der Waals surface area (Å²) in [6.07, 6.45) is 1.12. The highest BCUT2D eigenvalue weighted by molar-refractivity contribution is 5.66. The van der Waals surface area contributed by atoms with E-state index in [1.54, 1.807) is 0 Å². The first-order valence-corrected chi connectivity index (χ1v) is 5.83. The van der Waals surface area contributed by atoms with Gasteiger partial charge < -0.3 is 10.4 Å². The van der Waals surface area contributed by atoms with Crippen LogP contribution in [0, 0.1) is 29.1 Å². The summed E-state index contributed by atoms with van der Waals surface area (Å²) in [5, 5.41) is 10.5. The van der Waals surface area contributed by atoms with Gasteiger partial charge in [0.1, 0.15) is 5.69 Å². The largest absolute Gasteiger partial charge is 0.481 e. The van der Waals surface area contributed by atoms with Crippen molar-refractivity contribution in [3.63, 3.8) is 0 Å². The molecule has 112 valence electrons. The van der Waals surface area contributed by atoms with Gasteiger partial charge in [0.15, 0.2) is 23.3 Å². The molecule has 0 amide bonds. The highest BCUT2D eigenvalue weighted by Crippen LogP contribution is 2.27. The van der Waals surface area contributed by atoms with Crippen molar-refractivity contribution in [2.24, 2.45) is 0 Å². The zero-order valence-electron chi connectivity index (χ0n) is 10.3. The molecular weight excluding hydrogens is 285 g/mol. The standard InChI is InChI=1S/C12H12F5NO2/c13-7-8(14)10(16)12(11(17)9(7)15)18-5-3-1-2-4-6(19)20/h18H,1-5H2,(H,19,20). The number of anilines is 1. The number of carboxylic acids is 1. The number of rotatable bonds is 7. The van der Waals surface area contributed by atoms with Crippen LogP contribution >= 0.6 is 0 Å². The van der Waals surface area contributed by atoms with Crippen molar-refractivity contribution in [2.45, 2.75) is 25.7 Å². The molecule has 3 nitrogen and oxygen atoms in total. The van der Waals surface area contributed by atoms with Gasteiger partial charge in [-0.2, -0.15) is 0 Å². The summed E-state index contributed by atoms with van der Waals surface area (Å²) >= 11 is 0. The predicted molar refractivity (Wildman–Crippen MR) is 60.8 cm³/mol. The van der Waals surface area contributed by atoms with E-state index in [2.05, 4.69) is 5.32 Å². The predicted octanol–water partition coefficient (Wildman–Crippen LogP) is 3.44. The molecule has 0 aromatic heterocycles. The number of unbranched alkanes of at least 4 members (excludes halogenated alkanes) is 2. The minimum absolute atomic E-state index is 0.0298. The molecule has 0 heterocycles. The number of benzene rings is 1. The molecule has 1 rings (SSSR count). The minimum atomic E-state index is -2.20. The van der Waals surface area contributed by atoms with Crippen molar-refractivity contribution in [1.82, 2.24) is 0 Å². The Morgan fingerprint density at radius 2 is 1.35 bits per heavy atom. The lowest BCUT2D eigenvalue weighted by atomic mass is 10.2. The first-order chi connectivity index (χ1) is 9.36. The maximum Gasteiger partial charge on any atom is 0.303 e. The number of hydrogen-bond donors (Lipinski definition) is 2. The van der Waals surface area contributed by atoms with Crippen LogP contribution in [0.2, 0.25) is 0 Å². The van der Waals surface area contributed by atoms with Gasteiger partial charge in [0.2, 0.25) is 5.82 Å². The summed E-state index contributed by atoms with van der Waals surface area (Å²) in [6, 6.07) is 0. The maximum atomic E-state index is 13.2. The molecule has 0 aliphatic carbocycles. The fraction of sp³-hybridized carbons (Fsp3) is 0.417. The lowest BCUT2D eigenvalue weighted by molar-refractivity contribution is -0.137. The molecule has 0 aliphatic rings. The number of aliphatic carboxylic acids is 1. The highest BCUT2D eigenvalue weighted by atomic mass is 19.2. The molecule has 0 spiro atoms. The van der Waals surface area contributed by atoms with Crippen LogP contribution in [0.1, 0.15) is 25.7 Å². The van der Waals surface area contributed by atoms with Crippen LogP contribution in [0.3, 0.4) is 0 Å². The summed E-state index contributed by atoms with van der Waals surface area (Å²) < 4.78 is 64.9. The Morgan fingerprint density at radius 1 is 0.850 bits per heavy atom. The minimum Gasteiger partial charge on any atom is -0.481 e. The Balaban J connectivity index is 2.59. The van der Waals surface area contributed by atoms with E-state index >= 15 is 0 Å². The third-order valence-corrected chi connectivity index (χ3v) is 2.58. The van der Waals surface area contributed by atoms with E-state index in [-0.39, 0.29) is 13.0 Å². The molecular formula is C12H12F5NO2. The van der Waals surface area contributed by atoms with Crippen LogP contribution in [0.5, 0.6) is 0 Å². The third-order valence-electron chi connectivity index (χ3n) is 2.58. The molecule has 0 fully saturated rings. The maximum absolute atomic E-state index is 13.2. The van der Waals surface area contributed by atoms with E-state index in [0.717, 1.165) is 0 Å². The number of hydrogen-bond acceptors (Lipinski definition) is 2. The molecule has 0 radical (unpaired) electrons. The van der Waals surface area contributed by atoms with Crippen LogP contribution in [0.25, 0.3) is 0 Å². The molecule has 0 atom stereocenters. The van der Waals surface area contributed by atoms with Gasteiger partial charge in [0, 0.05) is 13.0 Å². The van der Waals surface area contributed by atoms with Gasteiger partial charge in [0.05, 0.1) is 0 Å². The van der Waals surface area contributed by atoms with Gasteiger partial charge in [-0.25, -0.2) is 22.0 Å². The quantitative estimate of drug-likeness (QED) is 0.351. The monoisotopic (exact) mass is 297 g/mol. The summed E-state index contributed by atoms with van der Waals surface area (Å²) in [5.74, 6) is -11.0. The van der Waals surface area contributed by atoms with Crippen LogP contribution in [0.4, 0.5) is 27.6 Å². The number of carboxylic acid groups (broad SMARTS) is 1. The van der Waals surface area contributed by atoms with Crippen molar-refractivity contribution in [2.75, 3.05) is 11.9 Å². The Morgan fingerprint density at radius 3 is 1.85 bits per heavy atom. The molecule has 0 aliphatic heterocycles. The Kier molecular flexibility index (Phi) is 5.72. The SMILES string of the molecule is O=C(O)CCCCCNc1c(F)c(F)c(F)c(F)c1F. The van der Waals surface area contributed by atoms with E-state index in [9.17, 15) is 26.7 Å². The molecule has 0 bridgehead atoms. The van der Waals surface area contributed by atoms with Gasteiger partial charge >= 0.3 is 5.97 Å². The summed E-state index contributed by atoms with van der Waals surface area (Å²) in [4.78, 5) is 10.2. The summed E-state index contributed by atoms with van der Waals surface area (Å²) in [5.41, 5.74) is -1.07. The lowest BCUT2D eigenvalue weighted by Crippen LogP contribution is -2.11. The normalized spacial score (nSPS) is 10.7. The summed E-state index contributed by atoms with van der Waals surface area (Å²) in [7, 11) is 0. The zero-order chi connectivity index (χ0) is 15.3. The highest BCUT2D eigenvalue weighted by Gasteiger charge is 2.25. The summed E-state index contributed by atoms with van der Waals surface area (Å²) in [6.45, 7) is -0.0298. The fourth-order valence-electron chi connectivity index (χ4n) is 1.55. The fourth-order valence-corrected chi connectivity index (χ4v) is 1.55. The van der Waals surface area contributed by atoms with Gasteiger partial charge in [-0.05, 0) is 12.8 Å². The van der Waals surface area contributed by atoms with E-state index in [0.29, 0.717) is 19.3 Å². The van der Waals surface area contributed by atoms with Crippen molar-refractivity contribution in [3.8, 4) is 0 Å². The zero-order valence-corrected chi connectivity index (χ0v) is 10.3. The van der Waals surface area contributed by atoms with E-state index in [1.807, 2.05) is 0 Å². The van der Waals surface area contributed by atoms with Crippen molar-refractivity contribution in [1.29, 1.82) is 0 Å². The molecule has 1 aromatic rings. The Labute approximate surface area is 111 Å². The topological polar surface area (TPSA) is 49.3 Å². The smallest absolute Gasteiger partial charge is 0.303 e. The van der Waals surface area contributed by atoms with Crippen LogP contribution < -0.4 is 5.32 Å². The lowest BCUT2D eigenvalue weighted by Gasteiger charge is -2.10. The van der Waals surface area contributed by atoms with Crippen molar-refractivity contribution < 1.29 is 31.9 Å². The van der Waals surface area contributed by atoms with E-state index in [4.69, 9.17) is 5.11 Å². The molecule has 8 heteroatoms. The average molecular weight is 297 g/mol. The number of carbonyl (C=O) groups is 1. The first kappa shape index (κ1) is 16.2. The van der Waals surface area contributed by atoms with Gasteiger partial charge in [-0.15, -0.1) is 0 Å². The van der Waals surface area contributed by atoms with Crippen LogP contribution in [-0.4, -0.2) is 17.6 Å². The Bertz CT molecular complexity index is 478. The van der Waals surface area contributed by atoms with Gasteiger partial charge in [0.25, 0.3) is 0 Å². The number of nitrogens with one attached hydrogen (secondary N) is 1. The Hall–Kier alpha value is -1.86. The second kappa shape index (κ2) is 7.06. The average Bonchev–Trinajstić information content (AvgIpc) is 2.41. The van der Waals surface area contributed by atoms with Gasteiger partial charge in [-0.3, -0.25) is 4.79 Å². The van der Waals surface area contributed by atoms with Crippen LogP contribution in [0.15, 0.2) is 0 Å². The second-order valence-corrected chi connectivity index (χ2v) is 4.08. The van der Waals surface area contributed by atoms with Crippen molar-refractivity contribution in [3.05, 3.63) is 29.1 Å². The molecule has 1 aromatic carbocycles. The van der Waals surface area contributed by atoms with E-state index in [1.165, 1.54) is 0 Å². The third kappa shape index (κ3) is 3.82.